The van der Waals surface area contributed by atoms with Crippen molar-refractivity contribution in [1.29, 1.82) is 0 Å². The average Bonchev–Trinajstić information content (AvgIpc) is 2.78. The van der Waals surface area contributed by atoms with E-state index in [1.54, 1.807) is 37.3 Å². The summed E-state index contributed by atoms with van der Waals surface area (Å²) < 4.78 is 10.5. The van der Waals surface area contributed by atoms with E-state index in [4.69, 9.17) is 9.47 Å². The Morgan fingerprint density at radius 1 is 0.828 bits per heavy atom. The normalized spacial score (nSPS) is 14.5. The number of hydrogen-bond donors (Lipinski definition) is 0. The first-order valence-corrected chi connectivity index (χ1v) is 9.74. The van der Waals surface area contributed by atoms with Crippen molar-refractivity contribution in [3.8, 4) is 11.5 Å². The van der Waals surface area contributed by atoms with Gasteiger partial charge in [0.2, 0.25) is 5.91 Å². The van der Waals surface area contributed by atoms with Gasteiger partial charge in [-0.25, -0.2) is 0 Å². The molecule has 0 spiro atoms. The molecule has 6 nitrogen and oxygen atoms in total. The Kier molecular flexibility index (Phi) is 6.11. The van der Waals surface area contributed by atoms with Gasteiger partial charge in [-0.05, 0) is 31.5 Å². The van der Waals surface area contributed by atoms with Crippen LogP contribution in [0.15, 0.2) is 48.5 Å². The minimum Gasteiger partial charge on any atom is -0.497 e. The molecule has 0 unspecified atom stereocenters. The zero-order chi connectivity index (χ0) is 21.0. The fourth-order valence-corrected chi connectivity index (χ4v) is 3.60. The van der Waals surface area contributed by atoms with Gasteiger partial charge in [-0.2, -0.15) is 0 Å². The lowest BCUT2D eigenvalue weighted by Crippen LogP contribution is -2.54. The molecular formula is C23H28N2O4. The quantitative estimate of drug-likeness (QED) is 0.780. The number of methoxy groups -OCH3 is 2. The van der Waals surface area contributed by atoms with Crippen LogP contribution < -0.4 is 9.47 Å². The van der Waals surface area contributed by atoms with Crippen LogP contribution in [0.5, 0.6) is 11.5 Å². The third kappa shape index (κ3) is 4.36. The average molecular weight is 396 g/mol. The lowest BCUT2D eigenvalue weighted by atomic mass is 9.83. The molecule has 2 aromatic rings. The monoisotopic (exact) mass is 396 g/mol. The lowest BCUT2D eigenvalue weighted by Gasteiger charge is -2.38. The van der Waals surface area contributed by atoms with Crippen LogP contribution in [0, 0.1) is 0 Å². The maximum Gasteiger partial charge on any atom is 0.254 e. The summed E-state index contributed by atoms with van der Waals surface area (Å²) in [6.45, 7) is 5.92. The fourth-order valence-electron chi connectivity index (χ4n) is 3.60. The molecule has 1 aliphatic rings. The van der Waals surface area contributed by atoms with Gasteiger partial charge in [0, 0.05) is 37.8 Å². The van der Waals surface area contributed by atoms with Gasteiger partial charge in [-0.15, -0.1) is 0 Å². The molecule has 0 atom stereocenters. The third-order valence-corrected chi connectivity index (χ3v) is 5.48. The number of piperazine rings is 1. The molecule has 1 aliphatic heterocycles. The van der Waals surface area contributed by atoms with Crippen LogP contribution in [0.25, 0.3) is 0 Å². The molecule has 3 rings (SSSR count). The third-order valence-electron chi connectivity index (χ3n) is 5.48. The molecule has 2 amide bonds. The van der Waals surface area contributed by atoms with E-state index < -0.39 is 5.41 Å². The number of benzene rings is 2. The second kappa shape index (κ2) is 8.55. The number of carbonyl (C=O) groups excluding carboxylic acids is 2. The van der Waals surface area contributed by atoms with Crippen LogP contribution in [0.3, 0.4) is 0 Å². The van der Waals surface area contributed by atoms with E-state index in [1.165, 1.54) is 0 Å². The molecule has 0 saturated carbocycles. The summed E-state index contributed by atoms with van der Waals surface area (Å²) in [5.41, 5.74) is 0.908. The highest BCUT2D eigenvalue weighted by Gasteiger charge is 2.35. The van der Waals surface area contributed by atoms with Gasteiger partial charge in [0.05, 0.1) is 19.6 Å². The molecular weight excluding hydrogens is 368 g/mol. The highest BCUT2D eigenvalue weighted by Crippen LogP contribution is 2.27. The van der Waals surface area contributed by atoms with Gasteiger partial charge in [0.25, 0.3) is 5.91 Å². The first-order chi connectivity index (χ1) is 13.9. The number of rotatable bonds is 5. The molecule has 0 N–H and O–H groups in total. The summed E-state index contributed by atoms with van der Waals surface area (Å²) in [6.07, 6.45) is 0. The Balaban J connectivity index is 1.67. The molecule has 0 aromatic heterocycles. The Morgan fingerprint density at radius 2 is 1.34 bits per heavy atom. The minimum atomic E-state index is -0.604. The Bertz CT molecular complexity index is 849. The first-order valence-electron chi connectivity index (χ1n) is 9.74. The molecule has 1 fully saturated rings. The van der Waals surface area contributed by atoms with E-state index in [0.717, 1.165) is 5.56 Å². The van der Waals surface area contributed by atoms with Crippen molar-refractivity contribution in [3.63, 3.8) is 0 Å². The molecule has 6 heteroatoms. The van der Waals surface area contributed by atoms with Crippen molar-refractivity contribution in [1.82, 2.24) is 9.80 Å². The van der Waals surface area contributed by atoms with Crippen molar-refractivity contribution in [2.24, 2.45) is 0 Å². The van der Waals surface area contributed by atoms with Crippen LogP contribution in [0.2, 0.25) is 0 Å². The number of carbonyl (C=O) groups is 2. The largest absolute Gasteiger partial charge is 0.497 e. The Morgan fingerprint density at radius 3 is 1.86 bits per heavy atom. The zero-order valence-corrected chi connectivity index (χ0v) is 17.5. The number of amides is 2. The van der Waals surface area contributed by atoms with E-state index >= 15 is 0 Å². The Hall–Kier alpha value is -3.02. The van der Waals surface area contributed by atoms with Crippen molar-refractivity contribution < 1.29 is 19.1 Å². The van der Waals surface area contributed by atoms with Crippen LogP contribution >= 0.6 is 0 Å². The molecule has 1 saturated heterocycles. The zero-order valence-electron chi connectivity index (χ0n) is 17.5. The van der Waals surface area contributed by atoms with Crippen molar-refractivity contribution in [2.75, 3.05) is 40.4 Å². The van der Waals surface area contributed by atoms with Gasteiger partial charge >= 0.3 is 0 Å². The highest BCUT2D eigenvalue weighted by atomic mass is 16.5. The predicted molar refractivity (Wildman–Crippen MR) is 111 cm³/mol. The van der Waals surface area contributed by atoms with Gasteiger partial charge in [0.1, 0.15) is 11.5 Å². The number of ether oxygens (including phenoxy) is 2. The fraction of sp³-hybridized carbons (Fsp3) is 0.391. The van der Waals surface area contributed by atoms with Crippen LogP contribution in [-0.4, -0.2) is 62.0 Å². The maximum atomic E-state index is 13.1. The van der Waals surface area contributed by atoms with Crippen molar-refractivity contribution in [3.05, 3.63) is 59.7 Å². The van der Waals surface area contributed by atoms with Crippen LogP contribution in [-0.2, 0) is 10.2 Å². The summed E-state index contributed by atoms with van der Waals surface area (Å²) in [7, 11) is 3.11. The van der Waals surface area contributed by atoms with Gasteiger partial charge in [-0.3, -0.25) is 9.59 Å². The maximum absolute atomic E-state index is 13.1. The Labute approximate surface area is 172 Å². The summed E-state index contributed by atoms with van der Waals surface area (Å²) in [4.78, 5) is 29.7. The second-order valence-corrected chi connectivity index (χ2v) is 7.68. The van der Waals surface area contributed by atoms with Gasteiger partial charge in [-0.1, -0.05) is 30.3 Å². The topological polar surface area (TPSA) is 59.1 Å². The smallest absolute Gasteiger partial charge is 0.254 e. The molecule has 0 radical (unpaired) electrons. The molecule has 1 heterocycles. The molecule has 0 bridgehead atoms. The van der Waals surface area contributed by atoms with Crippen molar-refractivity contribution >= 4 is 11.8 Å². The van der Waals surface area contributed by atoms with E-state index in [-0.39, 0.29) is 11.8 Å². The summed E-state index contributed by atoms with van der Waals surface area (Å²) in [6, 6.07) is 15.0. The number of nitrogens with zero attached hydrogens (tertiary/aromatic N) is 2. The minimum absolute atomic E-state index is 0.0823. The predicted octanol–water partition coefficient (Wildman–Crippen LogP) is 2.97. The molecule has 29 heavy (non-hydrogen) atoms. The van der Waals surface area contributed by atoms with E-state index in [9.17, 15) is 9.59 Å². The van der Waals surface area contributed by atoms with Crippen LogP contribution in [0.1, 0.15) is 29.8 Å². The summed E-state index contributed by atoms with van der Waals surface area (Å²) in [5.74, 6) is 1.15. The van der Waals surface area contributed by atoms with Gasteiger partial charge < -0.3 is 19.3 Å². The van der Waals surface area contributed by atoms with Gasteiger partial charge in [0.15, 0.2) is 0 Å². The summed E-state index contributed by atoms with van der Waals surface area (Å²) in [5, 5.41) is 0. The first kappa shape index (κ1) is 20.7. The van der Waals surface area contributed by atoms with E-state index in [0.29, 0.717) is 43.2 Å². The lowest BCUT2D eigenvalue weighted by molar-refractivity contribution is -0.137. The van der Waals surface area contributed by atoms with Crippen LogP contribution in [0.4, 0.5) is 0 Å². The molecule has 154 valence electrons. The van der Waals surface area contributed by atoms with Crippen molar-refractivity contribution in [2.45, 2.75) is 19.3 Å². The SMILES string of the molecule is COc1cc(OC)cc(C(=O)N2CCN(C(=O)C(C)(C)c3ccccc3)CC2)c1. The standard InChI is InChI=1S/C23H28N2O4/c1-23(2,18-8-6-5-7-9-18)22(27)25-12-10-24(11-13-25)21(26)17-14-19(28-3)16-20(15-17)29-4/h5-9,14-16H,10-13H2,1-4H3. The molecule has 0 aliphatic carbocycles. The highest BCUT2D eigenvalue weighted by molar-refractivity contribution is 5.95. The van der Waals surface area contributed by atoms with E-state index in [1.807, 2.05) is 49.1 Å². The molecule has 2 aromatic carbocycles. The second-order valence-electron chi connectivity index (χ2n) is 7.68. The number of hydrogen-bond acceptors (Lipinski definition) is 4. The summed E-state index contributed by atoms with van der Waals surface area (Å²) >= 11 is 0. The van der Waals surface area contributed by atoms with E-state index in [2.05, 4.69) is 0 Å².